The van der Waals surface area contributed by atoms with E-state index in [-0.39, 0.29) is 5.91 Å². The van der Waals surface area contributed by atoms with Gasteiger partial charge in [0.1, 0.15) is 5.75 Å². The van der Waals surface area contributed by atoms with E-state index in [4.69, 9.17) is 9.47 Å². The quantitative estimate of drug-likeness (QED) is 0.775. The lowest BCUT2D eigenvalue weighted by Gasteiger charge is -2.10. The summed E-state index contributed by atoms with van der Waals surface area (Å²) < 4.78 is 11.9. The number of carbonyl (C=O) groups is 1. The fraction of sp³-hybridized carbons (Fsp3) is 0.533. The molecule has 0 bridgehead atoms. The maximum Gasteiger partial charge on any atom is 0.220 e. The van der Waals surface area contributed by atoms with Crippen LogP contribution in [0.25, 0.3) is 0 Å². The maximum atomic E-state index is 11.7. The van der Waals surface area contributed by atoms with Gasteiger partial charge in [0, 0.05) is 42.6 Å². The molecule has 0 aromatic heterocycles. The van der Waals surface area contributed by atoms with E-state index in [1.54, 1.807) is 0 Å². The van der Waals surface area contributed by atoms with Crippen LogP contribution in [-0.2, 0) is 22.5 Å². The summed E-state index contributed by atoms with van der Waals surface area (Å²) in [4.78, 5) is 11.7. The van der Waals surface area contributed by atoms with Crippen molar-refractivity contribution >= 4 is 21.8 Å². The molecule has 0 aliphatic carbocycles. The summed E-state index contributed by atoms with van der Waals surface area (Å²) in [5.41, 5.74) is 2.24. The second kappa shape index (κ2) is 7.64. The highest BCUT2D eigenvalue weighted by atomic mass is 79.9. The predicted molar refractivity (Wildman–Crippen MR) is 80.9 cm³/mol. The number of rotatable bonds is 7. The van der Waals surface area contributed by atoms with Gasteiger partial charge >= 0.3 is 0 Å². The van der Waals surface area contributed by atoms with Crippen molar-refractivity contribution in [3.8, 4) is 5.75 Å². The molecule has 0 saturated heterocycles. The van der Waals surface area contributed by atoms with E-state index in [2.05, 4.69) is 27.3 Å². The number of nitrogens with one attached hydrogen (secondary N) is 1. The fourth-order valence-corrected chi connectivity index (χ4v) is 2.79. The predicted octanol–water partition coefficient (Wildman–Crippen LogP) is 2.82. The third-order valence-corrected chi connectivity index (χ3v) is 3.66. The Hall–Kier alpha value is -1.07. The number of amides is 1. The third-order valence-electron chi connectivity index (χ3n) is 3.20. The lowest BCUT2D eigenvalue weighted by Crippen LogP contribution is -2.23. The van der Waals surface area contributed by atoms with Crippen molar-refractivity contribution < 1.29 is 14.3 Å². The van der Waals surface area contributed by atoms with E-state index >= 15 is 0 Å². The van der Waals surface area contributed by atoms with Gasteiger partial charge in [-0.3, -0.25) is 4.79 Å². The SMILES string of the molecule is CCOCCCC(=O)NCc1cc(Br)cc2c1OCC2. The van der Waals surface area contributed by atoms with Crippen LogP contribution in [0.5, 0.6) is 5.75 Å². The molecule has 2 rings (SSSR count). The number of hydrogen-bond acceptors (Lipinski definition) is 3. The average Bonchev–Trinajstić information content (AvgIpc) is 2.89. The zero-order valence-electron chi connectivity index (χ0n) is 11.7. The largest absolute Gasteiger partial charge is 0.493 e. The summed E-state index contributed by atoms with van der Waals surface area (Å²) in [5, 5.41) is 2.94. The highest BCUT2D eigenvalue weighted by Gasteiger charge is 2.17. The third kappa shape index (κ3) is 4.21. The molecule has 0 saturated carbocycles. The highest BCUT2D eigenvalue weighted by Crippen LogP contribution is 2.32. The molecule has 0 radical (unpaired) electrons. The van der Waals surface area contributed by atoms with Gasteiger partial charge in [-0.15, -0.1) is 0 Å². The van der Waals surface area contributed by atoms with Crippen LogP contribution in [0.2, 0.25) is 0 Å². The van der Waals surface area contributed by atoms with Gasteiger partial charge in [-0.1, -0.05) is 15.9 Å². The second-order valence-corrected chi connectivity index (χ2v) is 5.64. The lowest BCUT2D eigenvalue weighted by atomic mass is 10.1. The molecule has 1 aromatic rings. The van der Waals surface area contributed by atoms with Crippen molar-refractivity contribution in [1.82, 2.24) is 5.32 Å². The zero-order valence-corrected chi connectivity index (χ0v) is 13.3. The first-order chi connectivity index (χ1) is 9.70. The van der Waals surface area contributed by atoms with Crippen LogP contribution in [0.3, 0.4) is 0 Å². The Bertz CT molecular complexity index is 476. The van der Waals surface area contributed by atoms with Crippen molar-refractivity contribution in [2.75, 3.05) is 19.8 Å². The van der Waals surface area contributed by atoms with E-state index in [0.29, 0.717) is 26.2 Å². The normalized spacial score (nSPS) is 12.9. The van der Waals surface area contributed by atoms with Crippen LogP contribution in [0.15, 0.2) is 16.6 Å². The minimum atomic E-state index is 0.0522. The van der Waals surface area contributed by atoms with Gasteiger partial charge in [-0.05, 0) is 31.0 Å². The standard InChI is InChI=1S/C15H20BrNO3/c1-2-19-6-3-4-14(18)17-10-12-9-13(16)8-11-5-7-20-15(11)12/h8-9H,2-7,10H2,1H3,(H,17,18). The average molecular weight is 342 g/mol. The van der Waals surface area contributed by atoms with Crippen LogP contribution in [-0.4, -0.2) is 25.7 Å². The molecule has 4 nitrogen and oxygen atoms in total. The molecule has 1 amide bonds. The van der Waals surface area contributed by atoms with Gasteiger partial charge in [0.15, 0.2) is 0 Å². The summed E-state index contributed by atoms with van der Waals surface area (Å²) in [6.45, 7) is 4.52. The van der Waals surface area contributed by atoms with Crippen molar-refractivity contribution in [2.45, 2.75) is 32.7 Å². The summed E-state index contributed by atoms with van der Waals surface area (Å²) in [6, 6.07) is 4.08. The molecule has 5 heteroatoms. The first-order valence-electron chi connectivity index (χ1n) is 6.99. The molecule has 1 aromatic carbocycles. The van der Waals surface area contributed by atoms with Crippen molar-refractivity contribution in [3.63, 3.8) is 0 Å². The van der Waals surface area contributed by atoms with Crippen molar-refractivity contribution in [2.24, 2.45) is 0 Å². The monoisotopic (exact) mass is 341 g/mol. The Morgan fingerprint density at radius 3 is 3.15 bits per heavy atom. The fourth-order valence-electron chi connectivity index (χ4n) is 2.24. The maximum absolute atomic E-state index is 11.7. The first kappa shape index (κ1) is 15.3. The summed E-state index contributed by atoms with van der Waals surface area (Å²) in [7, 11) is 0. The summed E-state index contributed by atoms with van der Waals surface area (Å²) >= 11 is 3.50. The van der Waals surface area contributed by atoms with Gasteiger partial charge in [-0.2, -0.15) is 0 Å². The first-order valence-corrected chi connectivity index (χ1v) is 7.78. The number of benzene rings is 1. The molecule has 0 unspecified atom stereocenters. The highest BCUT2D eigenvalue weighted by molar-refractivity contribution is 9.10. The zero-order chi connectivity index (χ0) is 14.4. The van der Waals surface area contributed by atoms with Crippen molar-refractivity contribution in [1.29, 1.82) is 0 Å². The molecular formula is C15H20BrNO3. The van der Waals surface area contributed by atoms with Crippen LogP contribution in [0.1, 0.15) is 30.9 Å². The number of ether oxygens (including phenoxy) is 2. The second-order valence-electron chi connectivity index (χ2n) is 4.73. The molecule has 1 heterocycles. The van der Waals surface area contributed by atoms with Crippen molar-refractivity contribution in [3.05, 3.63) is 27.7 Å². The van der Waals surface area contributed by atoms with Gasteiger partial charge in [0.05, 0.1) is 6.61 Å². The summed E-state index contributed by atoms with van der Waals surface area (Å²) in [6.07, 6.45) is 2.19. The number of halogens is 1. The van der Waals surface area contributed by atoms with E-state index < -0.39 is 0 Å². The van der Waals surface area contributed by atoms with Crippen LogP contribution < -0.4 is 10.1 Å². The molecule has 1 N–H and O–H groups in total. The van der Waals surface area contributed by atoms with E-state index in [0.717, 1.165) is 35.2 Å². The molecule has 1 aliphatic rings. The van der Waals surface area contributed by atoms with Crippen LogP contribution in [0.4, 0.5) is 0 Å². The molecule has 0 fully saturated rings. The number of carbonyl (C=O) groups excluding carboxylic acids is 1. The van der Waals surface area contributed by atoms with E-state index in [9.17, 15) is 4.79 Å². The van der Waals surface area contributed by atoms with E-state index in [1.165, 1.54) is 5.56 Å². The Labute approximate surface area is 128 Å². The number of hydrogen-bond donors (Lipinski definition) is 1. The minimum Gasteiger partial charge on any atom is -0.493 e. The smallest absolute Gasteiger partial charge is 0.220 e. The Balaban J connectivity index is 1.84. The molecule has 110 valence electrons. The minimum absolute atomic E-state index is 0.0522. The molecule has 0 atom stereocenters. The van der Waals surface area contributed by atoms with Crippen LogP contribution >= 0.6 is 15.9 Å². The van der Waals surface area contributed by atoms with Gasteiger partial charge in [0.2, 0.25) is 5.91 Å². The van der Waals surface area contributed by atoms with Gasteiger partial charge in [-0.25, -0.2) is 0 Å². The van der Waals surface area contributed by atoms with Gasteiger partial charge in [0.25, 0.3) is 0 Å². The van der Waals surface area contributed by atoms with Gasteiger partial charge < -0.3 is 14.8 Å². The molecule has 1 aliphatic heterocycles. The lowest BCUT2D eigenvalue weighted by molar-refractivity contribution is -0.121. The summed E-state index contributed by atoms with van der Waals surface area (Å²) in [5.74, 6) is 0.985. The number of fused-ring (bicyclic) bond motifs is 1. The Morgan fingerprint density at radius 2 is 2.35 bits per heavy atom. The molecule has 0 spiro atoms. The molecular weight excluding hydrogens is 322 g/mol. The Kier molecular flexibility index (Phi) is 5.86. The Morgan fingerprint density at radius 1 is 1.50 bits per heavy atom. The molecule has 20 heavy (non-hydrogen) atoms. The van der Waals surface area contributed by atoms with E-state index in [1.807, 2.05) is 13.0 Å². The van der Waals surface area contributed by atoms with Crippen LogP contribution in [0, 0.1) is 0 Å². The topological polar surface area (TPSA) is 47.6 Å².